The summed E-state index contributed by atoms with van der Waals surface area (Å²) >= 11 is 1.81. The van der Waals surface area contributed by atoms with Gasteiger partial charge in [0.15, 0.2) is 0 Å². The van der Waals surface area contributed by atoms with Crippen LogP contribution >= 0.6 is 11.3 Å². The van der Waals surface area contributed by atoms with Crippen LogP contribution in [0.4, 0.5) is 0 Å². The van der Waals surface area contributed by atoms with Crippen molar-refractivity contribution in [3.8, 4) is 0 Å². The van der Waals surface area contributed by atoms with Crippen LogP contribution < -0.4 is 5.32 Å². The summed E-state index contributed by atoms with van der Waals surface area (Å²) in [5, 5.41) is 3.32. The van der Waals surface area contributed by atoms with Gasteiger partial charge in [0.1, 0.15) is 9.84 Å². The van der Waals surface area contributed by atoms with Crippen molar-refractivity contribution in [2.75, 3.05) is 32.1 Å². The van der Waals surface area contributed by atoms with Crippen LogP contribution in [0.3, 0.4) is 0 Å². The number of thiophene rings is 1. The maximum atomic E-state index is 11.1. The molecule has 6 heteroatoms. The predicted molar refractivity (Wildman–Crippen MR) is 82.5 cm³/mol. The minimum atomic E-state index is -2.88. The summed E-state index contributed by atoms with van der Waals surface area (Å²) in [6, 6.07) is 2.22. The van der Waals surface area contributed by atoms with E-state index in [1.807, 2.05) is 18.4 Å². The Kier molecular flexibility index (Phi) is 6.46. The molecule has 0 bridgehead atoms. The molecule has 0 atom stereocenters. The highest BCUT2D eigenvalue weighted by Gasteiger charge is 2.10. The highest BCUT2D eigenvalue weighted by Crippen LogP contribution is 2.22. The Morgan fingerprint density at radius 2 is 2.11 bits per heavy atom. The van der Waals surface area contributed by atoms with Gasteiger partial charge in [-0.3, -0.25) is 0 Å². The van der Waals surface area contributed by atoms with Crippen LogP contribution in [-0.2, 0) is 22.9 Å². The molecule has 1 N–H and O–H groups in total. The smallest absolute Gasteiger partial charge is 0.148 e. The Bertz CT molecular complexity index is 495. The molecule has 1 heterocycles. The summed E-state index contributed by atoms with van der Waals surface area (Å²) < 4.78 is 22.3. The molecule has 0 radical (unpaired) electrons. The van der Waals surface area contributed by atoms with Gasteiger partial charge < -0.3 is 10.2 Å². The molecule has 0 aliphatic rings. The third kappa shape index (κ3) is 6.51. The molecular weight excluding hydrogens is 280 g/mol. The zero-order valence-corrected chi connectivity index (χ0v) is 13.8. The van der Waals surface area contributed by atoms with Crippen LogP contribution in [0.25, 0.3) is 0 Å². The summed E-state index contributed by atoms with van der Waals surface area (Å²) in [5.74, 6) is 0.219. The van der Waals surface area contributed by atoms with Gasteiger partial charge in [0, 0.05) is 35.6 Å². The fourth-order valence-electron chi connectivity index (χ4n) is 1.77. The second kappa shape index (κ2) is 7.38. The minimum Gasteiger partial charge on any atom is -0.312 e. The molecule has 0 aromatic carbocycles. The third-order valence-electron chi connectivity index (χ3n) is 2.90. The second-order valence-electron chi connectivity index (χ2n) is 4.94. The van der Waals surface area contributed by atoms with Crippen molar-refractivity contribution >= 4 is 21.2 Å². The number of rotatable bonds is 8. The highest BCUT2D eigenvalue weighted by atomic mass is 32.2. The molecule has 19 heavy (non-hydrogen) atoms. The Morgan fingerprint density at radius 1 is 1.42 bits per heavy atom. The lowest BCUT2D eigenvalue weighted by Gasteiger charge is -2.15. The first-order chi connectivity index (χ1) is 8.81. The molecule has 0 amide bonds. The molecule has 0 unspecified atom stereocenters. The number of nitrogens with zero attached hydrogens (tertiary/aromatic N) is 1. The van der Waals surface area contributed by atoms with Crippen LogP contribution in [0.15, 0.2) is 6.07 Å². The van der Waals surface area contributed by atoms with Gasteiger partial charge in [0.2, 0.25) is 0 Å². The van der Waals surface area contributed by atoms with Crippen LogP contribution in [-0.4, -0.2) is 45.5 Å². The van der Waals surface area contributed by atoms with Gasteiger partial charge in [-0.15, -0.1) is 11.3 Å². The van der Waals surface area contributed by atoms with Crippen molar-refractivity contribution in [2.24, 2.45) is 0 Å². The van der Waals surface area contributed by atoms with E-state index in [2.05, 4.69) is 30.1 Å². The molecule has 0 aliphatic heterocycles. The van der Waals surface area contributed by atoms with E-state index in [1.165, 1.54) is 21.6 Å². The summed E-state index contributed by atoms with van der Waals surface area (Å²) in [4.78, 5) is 4.72. The van der Waals surface area contributed by atoms with Gasteiger partial charge >= 0.3 is 0 Å². The molecule has 0 aliphatic carbocycles. The molecular formula is C13H24N2O2S2. The molecule has 110 valence electrons. The van der Waals surface area contributed by atoms with Crippen molar-refractivity contribution < 1.29 is 8.42 Å². The first-order valence-corrected chi connectivity index (χ1v) is 9.34. The topological polar surface area (TPSA) is 49.4 Å². The lowest BCUT2D eigenvalue weighted by atomic mass is 10.2. The number of nitrogens with one attached hydrogen (secondary N) is 1. The van der Waals surface area contributed by atoms with E-state index in [-0.39, 0.29) is 5.75 Å². The lowest BCUT2D eigenvalue weighted by Crippen LogP contribution is -2.24. The standard InChI is InChI=1S/C13H24N2O2S2/c1-5-14-9-13-8-12(11(2)18-13)10-15(3)6-7-19(4,16)17/h8,14H,5-7,9-10H2,1-4H3. The van der Waals surface area contributed by atoms with E-state index in [9.17, 15) is 8.42 Å². The van der Waals surface area contributed by atoms with Crippen LogP contribution in [0.2, 0.25) is 0 Å². The molecule has 1 rings (SSSR count). The second-order valence-corrected chi connectivity index (χ2v) is 8.54. The van der Waals surface area contributed by atoms with Gasteiger partial charge in [0.25, 0.3) is 0 Å². The van der Waals surface area contributed by atoms with Gasteiger partial charge in [-0.05, 0) is 32.1 Å². The quantitative estimate of drug-likeness (QED) is 0.793. The van der Waals surface area contributed by atoms with Gasteiger partial charge in [-0.2, -0.15) is 0 Å². The van der Waals surface area contributed by atoms with Crippen molar-refractivity contribution in [3.63, 3.8) is 0 Å². The molecule has 0 fully saturated rings. The molecule has 0 saturated carbocycles. The first-order valence-electron chi connectivity index (χ1n) is 6.47. The van der Waals surface area contributed by atoms with Crippen molar-refractivity contribution in [2.45, 2.75) is 26.9 Å². The SMILES string of the molecule is CCNCc1cc(CN(C)CCS(C)(=O)=O)c(C)s1. The van der Waals surface area contributed by atoms with Crippen molar-refractivity contribution in [1.82, 2.24) is 10.2 Å². The fraction of sp³-hybridized carbons (Fsp3) is 0.692. The zero-order valence-electron chi connectivity index (χ0n) is 12.2. The summed E-state index contributed by atoms with van der Waals surface area (Å²) in [5.41, 5.74) is 1.30. The average Bonchev–Trinajstić information content (AvgIpc) is 2.64. The fourth-order valence-corrected chi connectivity index (χ4v) is 3.44. The molecule has 1 aromatic rings. The van der Waals surface area contributed by atoms with Gasteiger partial charge in [0.05, 0.1) is 5.75 Å². The molecule has 4 nitrogen and oxygen atoms in total. The van der Waals surface area contributed by atoms with E-state index in [1.54, 1.807) is 0 Å². The zero-order chi connectivity index (χ0) is 14.5. The summed E-state index contributed by atoms with van der Waals surface area (Å²) in [7, 11) is -0.913. The number of aryl methyl sites for hydroxylation is 1. The Morgan fingerprint density at radius 3 is 2.68 bits per heavy atom. The number of hydrogen-bond donors (Lipinski definition) is 1. The van der Waals surface area contributed by atoms with E-state index < -0.39 is 9.84 Å². The van der Waals surface area contributed by atoms with Gasteiger partial charge in [-0.25, -0.2) is 8.42 Å². The maximum Gasteiger partial charge on any atom is 0.148 e. The highest BCUT2D eigenvalue weighted by molar-refractivity contribution is 7.90. The first kappa shape index (κ1) is 16.6. The van der Waals surface area contributed by atoms with E-state index in [4.69, 9.17) is 0 Å². The molecule has 0 spiro atoms. The largest absolute Gasteiger partial charge is 0.312 e. The predicted octanol–water partition coefficient (Wildman–Crippen LogP) is 1.64. The maximum absolute atomic E-state index is 11.1. The molecule has 0 saturated heterocycles. The van der Waals surface area contributed by atoms with Crippen LogP contribution in [0.5, 0.6) is 0 Å². The van der Waals surface area contributed by atoms with E-state index in [0.717, 1.165) is 19.6 Å². The lowest BCUT2D eigenvalue weighted by molar-refractivity contribution is 0.346. The van der Waals surface area contributed by atoms with Crippen LogP contribution in [0.1, 0.15) is 22.2 Å². The molecule has 1 aromatic heterocycles. The monoisotopic (exact) mass is 304 g/mol. The Balaban J connectivity index is 2.54. The average molecular weight is 304 g/mol. The Labute approximate surface area is 120 Å². The van der Waals surface area contributed by atoms with Crippen molar-refractivity contribution in [1.29, 1.82) is 0 Å². The minimum absolute atomic E-state index is 0.219. The normalized spacial score (nSPS) is 12.3. The van der Waals surface area contributed by atoms with E-state index in [0.29, 0.717) is 6.54 Å². The van der Waals surface area contributed by atoms with Crippen LogP contribution in [0, 0.1) is 6.92 Å². The summed E-state index contributed by atoms with van der Waals surface area (Å²) in [6.07, 6.45) is 1.28. The number of sulfone groups is 1. The Hall–Kier alpha value is -0.430. The van der Waals surface area contributed by atoms with Gasteiger partial charge in [-0.1, -0.05) is 6.92 Å². The third-order valence-corrected chi connectivity index (χ3v) is 4.92. The van der Waals surface area contributed by atoms with Crippen molar-refractivity contribution in [3.05, 3.63) is 21.4 Å². The number of hydrogen-bond acceptors (Lipinski definition) is 5. The summed E-state index contributed by atoms with van der Waals surface area (Å²) in [6.45, 7) is 7.50. The van der Waals surface area contributed by atoms with E-state index >= 15 is 0 Å².